The highest BCUT2D eigenvalue weighted by molar-refractivity contribution is 5.98. The average Bonchev–Trinajstić information content (AvgIpc) is 3.24. The van der Waals surface area contributed by atoms with Crippen LogP contribution in [0.15, 0.2) is 48.5 Å². The normalized spacial score (nSPS) is 14.5. The van der Waals surface area contributed by atoms with Gasteiger partial charge in [-0.25, -0.2) is 4.79 Å². The Kier molecular flexibility index (Phi) is 7.51. The molecule has 2 aromatic rings. The predicted octanol–water partition coefficient (Wildman–Crippen LogP) is 3.51. The van der Waals surface area contributed by atoms with Crippen molar-refractivity contribution < 1.29 is 14.4 Å². The number of anilines is 1. The predicted molar refractivity (Wildman–Crippen MR) is 125 cm³/mol. The van der Waals surface area contributed by atoms with Gasteiger partial charge in [-0.2, -0.15) is 0 Å². The summed E-state index contributed by atoms with van der Waals surface area (Å²) in [6.45, 7) is 4.17. The van der Waals surface area contributed by atoms with Crippen molar-refractivity contribution >= 4 is 23.5 Å². The number of para-hydroxylation sites is 1. The van der Waals surface area contributed by atoms with Gasteiger partial charge in [0.25, 0.3) is 0 Å². The molecule has 3 N–H and O–H groups in total. The van der Waals surface area contributed by atoms with E-state index in [0.29, 0.717) is 19.4 Å². The first kappa shape index (κ1) is 23.3. The molecule has 0 radical (unpaired) electrons. The third-order valence-electron chi connectivity index (χ3n) is 5.99. The first-order chi connectivity index (χ1) is 15.3. The van der Waals surface area contributed by atoms with Crippen LogP contribution in [0.4, 0.5) is 10.5 Å². The number of nitrogens with one attached hydrogen (secondary N) is 3. The Morgan fingerprint density at radius 3 is 2.19 bits per heavy atom. The molecule has 7 heteroatoms. The molecule has 0 heterocycles. The zero-order valence-corrected chi connectivity index (χ0v) is 19.0. The standard InChI is InChI=1S/C25H32N4O3/c1-18-10-9-11-19(2)22(18)27-21(30)17-29(3)23(31)25(14-7-8-15-25)28-24(32)26-16-20-12-5-4-6-13-20/h4-6,9-13H,7-8,14-17H2,1-3H3,(H,27,30)(H2,26,28,32). The lowest BCUT2D eigenvalue weighted by Crippen LogP contribution is -2.60. The van der Waals surface area contributed by atoms with Crippen molar-refractivity contribution in [1.82, 2.24) is 15.5 Å². The summed E-state index contributed by atoms with van der Waals surface area (Å²) in [5.41, 5.74) is 2.71. The summed E-state index contributed by atoms with van der Waals surface area (Å²) in [6.07, 6.45) is 2.83. The van der Waals surface area contributed by atoms with E-state index in [9.17, 15) is 14.4 Å². The van der Waals surface area contributed by atoms with Gasteiger partial charge in [-0.3, -0.25) is 9.59 Å². The summed E-state index contributed by atoms with van der Waals surface area (Å²) >= 11 is 0. The number of aryl methyl sites for hydroxylation is 2. The monoisotopic (exact) mass is 436 g/mol. The van der Waals surface area contributed by atoms with Crippen LogP contribution in [-0.4, -0.2) is 41.9 Å². The molecule has 1 aliphatic carbocycles. The van der Waals surface area contributed by atoms with E-state index < -0.39 is 5.54 Å². The van der Waals surface area contributed by atoms with Gasteiger partial charge in [0.2, 0.25) is 11.8 Å². The Balaban J connectivity index is 1.60. The van der Waals surface area contributed by atoms with Crippen molar-refractivity contribution in [3.05, 3.63) is 65.2 Å². The fraction of sp³-hybridized carbons (Fsp3) is 0.400. The van der Waals surface area contributed by atoms with Crippen molar-refractivity contribution in [1.29, 1.82) is 0 Å². The molecular weight excluding hydrogens is 404 g/mol. The van der Waals surface area contributed by atoms with Crippen LogP contribution in [0, 0.1) is 13.8 Å². The van der Waals surface area contributed by atoms with Gasteiger partial charge >= 0.3 is 6.03 Å². The van der Waals surface area contributed by atoms with Crippen LogP contribution in [0.1, 0.15) is 42.4 Å². The number of benzene rings is 2. The lowest BCUT2D eigenvalue weighted by atomic mass is 9.95. The molecule has 0 aliphatic heterocycles. The highest BCUT2D eigenvalue weighted by atomic mass is 16.2. The van der Waals surface area contributed by atoms with E-state index in [1.807, 2.05) is 62.4 Å². The minimum absolute atomic E-state index is 0.0817. The Bertz CT molecular complexity index is 948. The van der Waals surface area contributed by atoms with Crippen molar-refractivity contribution in [2.75, 3.05) is 18.9 Å². The molecule has 0 atom stereocenters. The molecule has 0 spiro atoms. The van der Waals surface area contributed by atoms with Gasteiger partial charge in [0.1, 0.15) is 5.54 Å². The first-order valence-electron chi connectivity index (χ1n) is 11.0. The fourth-order valence-electron chi connectivity index (χ4n) is 4.25. The second-order valence-electron chi connectivity index (χ2n) is 8.56. The lowest BCUT2D eigenvalue weighted by Gasteiger charge is -2.33. The second-order valence-corrected chi connectivity index (χ2v) is 8.56. The zero-order valence-electron chi connectivity index (χ0n) is 19.0. The van der Waals surface area contributed by atoms with E-state index in [0.717, 1.165) is 35.2 Å². The Labute approximate surface area is 189 Å². The first-order valence-corrected chi connectivity index (χ1v) is 11.0. The molecule has 170 valence electrons. The van der Waals surface area contributed by atoms with Gasteiger partial charge in [0.15, 0.2) is 0 Å². The number of amides is 4. The summed E-state index contributed by atoms with van der Waals surface area (Å²) in [4.78, 5) is 39.9. The highest BCUT2D eigenvalue weighted by Crippen LogP contribution is 2.31. The Hall–Kier alpha value is -3.35. The number of nitrogens with zero attached hydrogens (tertiary/aromatic N) is 1. The largest absolute Gasteiger partial charge is 0.334 e. The molecule has 3 rings (SSSR count). The molecule has 0 saturated heterocycles. The van der Waals surface area contributed by atoms with Crippen molar-refractivity contribution in [2.24, 2.45) is 0 Å². The van der Waals surface area contributed by atoms with Crippen LogP contribution in [-0.2, 0) is 16.1 Å². The quantitative estimate of drug-likeness (QED) is 0.620. The van der Waals surface area contributed by atoms with Gasteiger partial charge in [0, 0.05) is 19.3 Å². The maximum absolute atomic E-state index is 13.3. The minimum atomic E-state index is -0.978. The van der Waals surface area contributed by atoms with Gasteiger partial charge < -0.3 is 20.9 Å². The summed E-state index contributed by atoms with van der Waals surface area (Å²) < 4.78 is 0. The molecule has 0 unspecified atom stereocenters. The summed E-state index contributed by atoms with van der Waals surface area (Å²) in [7, 11) is 1.61. The Morgan fingerprint density at radius 2 is 1.56 bits per heavy atom. The number of likely N-dealkylation sites (N-methyl/N-ethyl adjacent to an activating group) is 1. The van der Waals surface area contributed by atoms with E-state index >= 15 is 0 Å². The van der Waals surface area contributed by atoms with Crippen LogP contribution in [0.3, 0.4) is 0 Å². The minimum Gasteiger partial charge on any atom is -0.334 e. The van der Waals surface area contributed by atoms with Crippen molar-refractivity contribution in [2.45, 2.75) is 51.6 Å². The van der Waals surface area contributed by atoms with Crippen LogP contribution in [0.5, 0.6) is 0 Å². The maximum Gasteiger partial charge on any atom is 0.315 e. The highest BCUT2D eigenvalue weighted by Gasteiger charge is 2.44. The van der Waals surface area contributed by atoms with Crippen LogP contribution >= 0.6 is 0 Å². The van der Waals surface area contributed by atoms with Crippen LogP contribution < -0.4 is 16.0 Å². The Morgan fingerprint density at radius 1 is 0.938 bits per heavy atom. The number of rotatable bonds is 7. The van der Waals surface area contributed by atoms with Crippen molar-refractivity contribution in [3.8, 4) is 0 Å². The zero-order chi connectivity index (χ0) is 23.1. The molecular formula is C25H32N4O3. The third-order valence-corrected chi connectivity index (χ3v) is 5.99. The third kappa shape index (κ3) is 5.66. The number of carbonyl (C=O) groups is 3. The summed E-state index contributed by atoms with van der Waals surface area (Å²) in [5.74, 6) is -0.499. The molecule has 0 bridgehead atoms. The summed E-state index contributed by atoms with van der Waals surface area (Å²) in [6, 6.07) is 15.0. The maximum atomic E-state index is 13.3. The molecule has 4 amide bonds. The molecule has 1 fully saturated rings. The SMILES string of the molecule is Cc1cccc(C)c1NC(=O)CN(C)C(=O)C1(NC(=O)NCc2ccccc2)CCCC1. The van der Waals surface area contributed by atoms with E-state index in [4.69, 9.17) is 0 Å². The van der Waals surface area contributed by atoms with E-state index in [1.54, 1.807) is 7.05 Å². The van der Waals surface area contributed by atoms with E-state index in [-0.39, 0.29) is 24.4 Å². The lowest BCUT2D eigenvalue weighted by molar-refractivity contribution is -0.138. The van der Waals surface area contributed by atoms with Crippen LogP contribution in [0.25, 0.3) is 0 Å². The molecule has 7 nitrogen and oxygen atoms in total. The summed E-state index contributed by atoms with van der Waals surface area (Å²) in [5, 5.41) is 8.66. The molecule has 32 heavy (non-hydrogen) atoms. The topological polar surface area (TPSA) is 90.5 Å². The molecule has 0 aromatic heterocycles. The molecule has 2 aromatic carbocycles. The smallest absolute Gasteiger partial charge is 0.315 e. The molecule has 1 saturated carbocycles. The number of hydrogen-bond acceptors (Lipinski definition) is 3. The molecule has 1 aliphatic rings. The fourth-order valence-corrected chi connectivity index (χ4v) is 4.25. The van der Waals surface area contributed by atoms with Gasteiger partial charge in [-0.05, 0) is 43.4 Å². The van der Waals surface area contributed by atoms with Gasteiger partial charge in [0.05, 0.1) is 6.54 Å². The van der Waals surface area contributed by atoms with E-state index in [1.165, 1.54) is 4.90 Å². The second kappa shape index (κ2) is 10.3. The number of carbonyl (C=O) groups excluding carboxylic acids is 3. The number of urea groups is 1. The van der Waals surface area contributed by atoms with Gasteiger partial charge in [-0.15, -0.1) is 0 Å². The average molecular weight is 437 g/mol. The van der Waals surface area contributed by atoms with Crippen molar-refractivity contribution in [3.63, 3.8) is 0 Å². The van der Waals surface area contributed by atoms with Gasteiger partial charge in [-0.1, -0.05) is 61.4 Å². The van der Waals surface area contributed by atoms with E-state index in [2.05, 4.69) is 16.0 Å². The van der Waals surface area contributed by atoms with Crippen LogP contribution in [0.2, 0.25) is 0 Å². The number of hydrogen-bond donors (Lipinski definition) is 3.